The molecule has 0 bridgehead atoms. The lowest BCUT2D eigenvalue weighted by Gasteiger charge is -2.19. The van der Waals surface area contributed by atoms with Gasteiger partial charge in [-0.05, 0) is 48.1 Å². The average Bonchev–Trinajstić information content (AvgIpc) is 3.47. The van der Waals surface area contributed by atoms with Crippen molar-refractivity contribution < 1.29 is 14.5 Å². The van der Waals surface area contributed by atoms with Gasteiger partial charge in [-0.2, -0.15) is 5.10 Å². The summed E-state index contributed by atoms with van der Waals surface area (Å²) in [6.45, 7) is 6.34. The zero-order valence-corrected chi connectivity index (χ0v) is 16.1. The molecular formula is C21H23N3O4. The fourth-order valence-corrected chi connectivity index (χ4v) is 2.60. The lowest BCUT2D eigenvalue weighted by atomic mass is 9.87. The van der Waals surface area contributed by atoms with Crippen LogP contribution < -0.4 is 10.2 Å². The Hall–Kier alpha value is -3.22. The molecule has 0 aliphatic heterocycles. The van der Waals surface area contributed by atoms with Gasteiger partial charge < -0.3 is 4.74 Å². The monoisotopic (exact) mass is 381 g/mol. The van der Waals surface area contributed by atoms with E-state index in [0.29, 0.717) is 11.3 Å². The van der Waals surface area contributed by atoms with E-state index in [1.54, 1.807) is 18.2 Å². The first-order chi connectivity index (χ1) is 13.2. The van der Waals surface area contributed by atoms with Gasteiger partial charge in [0.05, 0.1) is 11.1 Å². The normalized spacial score (nSPS) is 14.1. The highest BCUT2D eigenvalue weighted by molar-refractivity contribution is 5.85. The van der Waals surface area contributed by atoms with Gasteiger partial charge in [0.25, 0.3) is 0 Å². The molecule has 1 aliphatic rings. The molecule has 1 fully saturated rings. The number of nitrogens with zero attached hydrogens (tertiary/aromatic N) is 2. The molecular weight excluding hydrogens is 358 g/mol. The first kappa shape index (κ1) is 19.5. The summed E-state index contributed by atoms with van der Waals surface area (Å²) in [5, 5.41) is 15.3. The largest absolute Gasteiger partial charge is 0.450 e. The Morgan fingerprint density at radius 1 is 1.21 bits per heavy atom. The van der Waals surface area contributed by atoms with Crippen molar-refractivity contribution in [2.75, 3.05) is 0 Å². The zero-order chi connectivity index (χ0) is 20.3. The van der Waals surface area contributed by atoms with Gasteiger partial charge in [0, 0.05) is 17.5 Å². The van der Waals surface area contributed by atoms with Gasteiger partial charge in [-0.1, -0.05) is 32.9 Å². The first-order valence-electron chi connectivity index (χ1n) is 9.14. The van der Waals surface area contributed by atoms with Crippen LogP contribution in [0.15, 0.2) is 47.6 Å². The van der Waals surface area contributed by atoms with Crippen LogP contribution in [0.2, 0.25) is 0 Å². The van der Waals surface area contributed by atoms with Crippen molar-refractivity contribution in [2.45, 2.75) is 39.0 Å². The van der Waals surface area contributed by atoms with Crippen LogP contribution in [0.5, 0.6) is 11.5 Å². The number of hydrogen-bond donors (Lipinski definition) is 1. The average molecular weight is 381 g/mol. The summed E-state index contributed by atoms with van der Waals surface area (Å²) in [5.74, 6) is 0.596. The predicted molar refractivity (Wildman–Crippen MR) is 107 cm³/mol. The molecule has 0 spiro atoms. The van der Waals surface area contributed by atoms with Crippen LogP contribution in [0.1, 0.15) is 44.7 Å². The minimum atomic E-state index is -0.501. The smallest absolute Gasteiger partial charge is 0.312 e. The fourth-order valence-electron chi connectivity index (χ4n) is 2.60. The molecule has 0 aromatic heterocycles. The van der Waals surface area contributed by atoms with E-state index in [1.165, 1.54) is 18.3 Å². The Kier molecular flexibility index (Phi) is 5.44. The molecule has 1 saturated carbocycles. The summed E-state index contributed by atoms with van der Waals surface area (Å²) in [7, 11) is 0. The summed E-state index contributed by atoms with van der Waals surface area (Å²) in [4.78, 5) is 22.5. The second-order valence-electron chi connectivity index (χ2n) is 7.87. The highest BCUT2D eigenvalue weighted by atomic mass is 16.6. The molecule has 1 N–H and O–H groups in total. The predicted octanol–water partition coefficient (Wildman–Crippen LogP) is 4.54. The molecule has 0 saturated heterocycles. The van der Waals surface area contributed by atoms with E-state index in [9.17, 15) is 14.9 Å². The molecule has 2 aromatic rings. The van der Waals surface area contributed by atoms with Gasteiger partial charge in [-0.15, -0.1) is 0 Å². The highest BCUT2D eigenvalue weighted by Gasteiger charge is 2.29. The molecule has 28 heavy (non-hydrogen) atoms. The third-order valence-electron chi connectivity index (χ3n) is 4.46. The van der Waals surface area contributed by atoms with Crippen LogP contribution in [0.25, 0.3) is 0 Å². The van der Waals surface area contributed by atoms with E-state index in [4.69, 9.17) is 4.74 Å². The molecule has 146 valence electrons. The van der Waals surface area contributed by atoms with Gasteiger partial charge in [-0.3, -0.25) is 14.9 Å². The maximum absolute atomic E-state index is 11.6. The first-order valence-corrected chi connectivity index (χ1v) is 9.14. The van der Waals surface area contributed by atoms with Crippen molar-refractivity contribution >= 4 is 17.8 Å². The summed E-state index contributed by atoms with van der Waals surface area (Å²) >= 11 is 0. The standard InChI is InChI=1S/C21H23N3O4/c1-21(2,3)16-7-9-17(10-8-16)28-19-11-4-14(12-18(19)24(26)27)13-22-23-20(25)15-5-6-15/h4,7-13,15H,5-6H2,1-3H3,(H,23,25)/b22-13-. The van der Waals surface area contributed by atoms with Crippen LogP contribution in [0.4, 0.5) is 5.69 Å². The second kappa shape index (κ2) is 7.80. The quantitative estimate of drug-likeness (QED) is 0.451. The number of amides is 1. The maximum atomic E-state index is 11.6. The van der Waals surface area contributed by atoms with Gasteiger partial charge in [-0.25, -0.2) is 5.43 Å². The summed E-state index contributed by atoms with van der Waals surface area (Å²) in [6, 6.07) is 12.0. The number of nitrogens with one attached hydrogen (secondary N) is 1. The van der Waals surface area contributed by atoms with Crippen molar-refractivity contribution in [2.24, 2.45) is 11.0 Å². The topological polar surface area (TPSA) is 93.8 Å². The maximum Gasteiger partial charge on any atom is 0.312 e. The third kappa shape index (κ3) is 4.94. The Balaban J connectivity index is 1.74. The van der Waals surface area contributed by atoms with E-state index in [2.05, 4.69) is 31.3 Å². The van der Waals surface area contributed by atoms with Crippen molar-refractivity contribution in [1.82, 2.24) is 5.43 Å². The molecule has 1 amide bonds. The molecule has 1 aliphatic carbocycles. The fraction of sp³-hybridized carbons (Fsp3) is 0.333. The second-order valence-corrected chi connectivity index (χ2v) is 7.87. The van der Waals surface area contributed by atoms with E-state index < -0.39 is 4.92 Å². The number of hydrazone groups is 1. The van der Waals surface area contributed by atoms with Gasteiger partial charge in [0.2, 0.25) is 11.7 Å². The Bertz CT molecular complexity index is 910. The molecule has 3 rings (SSSR count). The Morgan fingerprint density at radius 3 is 2.46 bits per heavy atom. The van der Waals surface area contributed by atoms with Crippen LogP contribution in [-0.4, -0.2) is 17.0 Å². The summed E-state index contributed by atoms with van der Waals surface area (Å²) < 4.78 is 5.72. The number of nitro benzene ring substituents is 1. The number of benzene rings is 2. The van der Waals surface area contributed by atoms with Crippen LogP contribution >= 0.6 is 0 Å². The van der Waals surface area contributed by atoms with Crippen molar-refractivity contribution in [3.63, 3.8) is 0 Å². The van der Waals surface area contributed by atoms with Gasteiger partial charge in [0.15, 0.2) is 0 Å². The number of hydrogen-bond acceptors (Lipinski definition) is 5. The summed E-state index contributed by atoms with van der Waals surface area (Å²) in [5.41, 5.74) is 3.93. The van der Waals surface area contributed by atoms with Crippen molar-refractivity contribution in [1.29, 1.82) is 0 Å². The number of ether oxygens (including phenoxy) is 1. The van der Waals surface area contributed by atoms with E-state index in [0.717, 1.165) is 18.4 Å². The van der Waals surface area contributed by atoms with Gasteiger partial charge >= 0.3 is 5.69 Å². The number of carbonyl (C=O) groups excluding carboxylic acids is 1. The Morgan fingerprint density at radius 2 is 1.89 bits per heavy atom. The minimum absolute atomic E-state index is 0.0143. The van der Waals surface area contributed by atoms with Gasteiger partial charge in [0.1, 0.15) is 5.75 Å². The van der Waals surface area contributed by atoms with E-state index in [-0.39, 0.29) is 28.7 Å². The third-order valence-corrected chi connectivity index (χ3v) is 4.46. The van der Waals surface area contributed by atoms with E-state index >= 15 is 0 Å². The SMILES string of the molecule is CC(C)(C)c1ccc(Oc2ccc(/C=N\NC(=O)C3CC3)cc2[N+](=O)[O-])cc1. The molecule has 7 nitrogen and oxygen atoms in total. The van der Waals surface area contributed by atoms with Crippen LogP contribution in [0, 0.1) is 16.0 Å². The zero-order valence-electron chi connectivity index (χ0n) is 16.1. The highest BCUT2D eigenvalue weighted by Crippen LogP contribution is 2.33. The minimum Gasteiger partial charge on any atom is -0.450 e. The molecule has 0 radical (unpaired) electrons. The number of nitro groups is 1. The van der Waals surface area contributed by atoms with Crippen LogP contribution in [0.3, 0.4) is 0 Å². The van der Waals surface area contributed by atoms with Crippen molar-refractivity contribution in [3.05, 3.63) is 63.7 Å². The lowest BCUT2D eigenvalue weighted by molar-refractivity contribution is -0.385. The number of carbonyl (C=O) groups is 1. The molecule has 7 heteroatoms. The van der Waals surface area contributed by atoms with Crippen LogP contribution in [-0.2, 0) is 10.2 Å². The Labute approximate surface area is 163 Å². The summed E-state index contributed by atoms with van der Waals surface area (Å²) in [6.07, 6.45) is 3.15. The number of rotatable bonds is 6. The van der Waals surface area contributed by atoms with E-state index in [1.807, 2.05) is 12.1 Å². The molecule has 0 atom stereocenters. The molecule has 2 aromatic carbocycles. The van der Waals surface area contributed by atoms with Crippen molar-refractivity contribution in [3.8, 4) is 11.5 Å². The lowest BCUT2D eigenvalue weighted by Crippen LogP contribution is -2.18. The molecule has 0 unspecified atom stereocenters. The molecule has 0 heterocycles.